The Labute approximate surface area is 199 Å². The van der Waals surface area contributed by atoms with E-state index in [4.69, 9.17) is 11.6 Å². The second kappa shape index (κ2) is 10.6. The maximum Gasteiger partial charge on any atom is 0.251 e. The molecule has 0 radical (unpaired) electrons. The van der Waals surface area contributed by atoms with Gasteiger partial charge in [0.05, 0.1) is 5.75 Å². The summed E-state index contributed by atoms with van der Waals surface area (Å²) in [4.78, 5) is 25.6. The lowest BCUT2D eigenvalue weighted by Crippen LogP contribution is -2.27. The summed E-state index contributed by atoms with van der Waals surface area (Å²) in [6, 6.07) is 20.4. The number of nitrogens with zero attached hydrogens (tertiary/aromatic N) is 1. The number of anilines is 1. The van der Waals surface area contributed by atoms with Gasteiger partial charge in [0.1, 0.15) is 5.82 Å². The molecular formula is C25H21ClFN3O2S. The highest BCUT2D eigenvalue weighted by Gasteiger charge is 2.12. The lowest BCUT2D eigenvalue weighted by Gasteiger charge is -2.07. The van der Waals surface area contributed by atoms with Gasteiger partial charge in [0.2, 0.25) is 5.91 Å². The Morgan fingerprint density at radius 2 is 1.79 bits per heavy atom. The smallest absolute Gasteiger partial charge is 0.251 e. The quantitative estimate of drug-likeness (QED) is 0.322. The van der Waals surface area contributed by atoms with Gasteiger partial charge in [-0.2, -0.15) is 0 Å². The van der Waals surface area contributed by atoms with Crippen molar-refractivity contribution >= 4 is 51.8 Å². The van der Waals surface area contributed by atoms with Crippen molar-refractivity contribution in [3.8, 4) is 0 Å². The normalized spacial score (nSPS) is 10.8. The highest BCUT2D eigenvalue weighted by Crippen LogP contribution is 2.30. The van der Waals surface area contributed by atoms with Gasteiger partial charge in [0, 0.05) is 51.4 Å². The van der Waals surface area contributed by atoms with Crippen LogP contribution < -0.4 is 10.6 Å². The molecule has 0 unspecified atom stereocenters. The van der Waals surface area contributed by atoms with Crippen LogP contribution in [0.15, 0.2) is 83.9 Å². The molecule has 2 N–H and O–H groups in total. The minimum atomic E-state index is -0.378. The third kappa shape index (κ3) is 5.94. The van der Waals surface area contributed by atoms with E-state index >= 15 is 0 Å². The lowest BCUT2D eigenvalue weighted by atomic mass is 10.2. The molecule has 168 valence electrons. The number of fused-ring (bicyclic) bond motifs is 1. The van der Waals surface area contributed by atoms with Crippen LogP contribution in [0.25, 0.3) is 10.9 Å². The molecular weight excluding hydrogens is 461 g/mol. The van der Waals surface area contributed by atoms with Crippen LogP contribution in [0.5, 0.6) is 0 Å². The van der Waals surface area contributed by atoms with Gasteiger partial charge in [-0.3, -0.25) is 9.59 Å². The fraction of sp³-hybridized carbons (Fsp3) is 0.120. The number of nitrogens with one attached hydrogen (secondary N) is 2. The van der Waals surface area contributed by atoms with E-state index in [0.717, 1.165) is 15.8 Å². The number of carbonyl (C=O) groups is 2. The van der Waals surface area contributed by atoms with Crippen LogP contribution in [0, 0.1) is 5.82 Å². The molecule has 0 saturated carbocycles. The van der Waals surface area contributed by atoms with E-state index in [2.05, 4.69) is 15.2 Å². The summed E-state index contributed by atoms with van der Waals surface area (Å²) >= 11 is 7.42. The van der Waals surface area contributed by atoms with Gasteiger partial charge in [0.25, 0.3) is 5.91 Å². The summed E-state index contributed by atoms with van der Waals surface area (Å²) in [5, 5.41) is 7.32. The zero-order valence-electron chi connectivity index (χ0n) is 17.6. The van der Waals surface area contributed by atoms with Crippen LogP contribution >= 0.6 is 23.4 Å². The number of amides is 2. The Morgan fingerprint density at radius 3 is 2.58 bits per heavy atom. The van der Waals surface area contributed by atoms with Gasteiger partial charge in [-0.25, -0.2) is 4.39 Å². The predicted molar refractivity (Wildman–Crippen MR) is 131 cm³/mol. The van der Waals surface area contributed by atoms with Crippen LogP contribution in [-0.4, -0.2) is 28.7 Å². The molecule has 5 nitrogen and oxygen atoms in total. The molecule has 0 atom stereocenters. The molecule has 3 aromatic carbocycles. The van der Waals surface area contributed by atoms with E-state index in [1.54, 1.807) is 24.3 Å². The number of hydrogen-bond donors (Lipinski definition) is 2. The predicted octanol–water partition coefficient (Wildman–Crippen LogP) is 5.59. The third-order valence-corrected chi connectivity index (χ3v) is 6.24. The van der Waals surface area contributed by atoms with Crippen molar-refractivity contribution in [3.63, 3.8) is 0 Å². The second-order valence-corrected chi connectivity index (χ2v) is 8.77. The number of hydrogen-bond acceptors (Lipinski definition) is 3. The molecule has 0 fully saturated rings. The van der Waals surface area contributed by atoms with Crippen molar-refractivity contribution in [2.45, 2.75) is 11.4 Å². The molecule has 0 aliphatic rings. The summed E-state index contributed by atoms with van der Waals surface area (Å²) in [5.74, 6) is -0.497. The van der Waals surface area contributed by atoms with Crippen molar-refractivity contribution in [3.05, 3.63) is 95.4 Å². The Morgan fingerprint density at radius 1 is 1.00 bits per heavy atom. The standard InChI is InChI=1S/C25H21ClFN3O2S/c26-18-4-3-5-20(14-18)29-24(31)16-33-23-15-30(22-7-2-1-6-21(22)23)13-12-28-25(32)17-8-10-19(27)11-9-17/h1-11,14-15H,12-13,16H2,(H,28,32)(H,29,31). The van der Waals surface area contributed by atoms with Crippen LogP contribution in [0.3, 0.4) is 0 Å². The maximum absolute atomic E-state index is 13.0. The Balaban J connectivity index is 1.38. The van der Waals surface area contributed by atoms with Crippen LogP contribution in [0.1, 0.15) is 10.4 Å². The molecule has 0 saturated heterocycles. The SMILES string of the molecule is O=C(CSc1cn(CCNC(=O)c2ccc(F)cc2)c2ccccc12)Nc1cccc(Cl)c1. The summed E-state index contributed by atoms with van der Waals surface area (Å²) in [6.45, 7) is 0.969. The minimum Gasteiger partial charge on any atom is -0.350 e. The molecule has 1 aromatic heterocycles. The zero-order chi connectivity index (χ0) is 23.2. The number of halogens is 2. The molecule has 2 amide bonds. The molecule has 8 heteroatoms. The monoisotopic (exact) mass is 481 g/mol. The number of para-hydroxylation sites is 1. The first kappa shape index (κ1) is 22.9. The van der Waals surface area contributed by atoms with Gasteiger partial charge in [-0.15, -0.1) is 11.8 Å². The lowest BCUT2D eigenvalue weighted by molar-refractivity contribution is -0.113. The third-order valence-electron chi connectivity index (χ3n) is 4.96. The average Bonchev–Trinajstić information content (AvgIpc) is 3.16. The molecule has 0 aliphatic heterocycles. The summed E-state index contributed by atoms with van der Waals surface area (Å²) in [5.41, 5.74) is 2.09. The number of rotatable bonds is 8. The van der Waals surface area contributed by atoms with Gasteiger partial charge in [-0.1, -0.05) is 35.9 Å². The van der Waals surface area contributed by atoms with Crippen LogP contribution in [0.2, 0.25) is 5.02 Å². The zero-order valence-corrected chi connectivity index (χ0v) is 19.1. The Hall–Kier alpha value is -3.29. The average molecular weight is 482 g/mol. The molecule has 4 rings (SSSR count). The van der Waals surface area contributed by atoms with Crippen molar-refractivity contribution < 1.29 is 14.0 Å². The Kier molecular flexibility index (Phi) is 7.32. The molecule has 4 aromatic rings. The van der Waals surface area contributed by atoms with E-state index in [0.29, 0.717) is 29.4 Å². The molecule has 33 heavy (non-hydrogen) atoms. The fourth-order valence-electron chi connectivity index (χ4n) is 3.41. The van der Waals surface area contributed by atoms with Gasteiger partial charge < -0.3 is 15.2 Å². The first-order valence-electron chi connectivity index (χ1n) is 10.3. The number of aromatic nitrogens is 1. The molecule has 1 heterocycles. The fourth-order valence-corrected chi connectivity index (χ4v) is 4.49. The topological polar surface area (TPSA) is 63.1 Å². The van der Waals surface area contributed by atoms with Crippen molar-refractivity contribution in [1.29, 1.82) is 0 Å². The van der Waals surface area contributed by atoms with E-state index in [9.17, 15) is 14.0 Å². The van der Waals surface area contributed by atoms with Gasteiger partial charge >= 0.3 is 0 Å². The van der Waals surface area contributed by atoms with Crippen molar-refractivity contribution in [1.82, 2.24) is 9.88 Å². The first-order valence-corrected chi connectivity index (χ1v) is 11.7. The van der Waals surface area contributed by atoms with Crippen molar-refractivity contribution in [2.75, 3.05) is 17.6 Å². The first-order chi connectivity index (χ1) is 16.0. The van der Waals surface area contributed by atoms with Crippen LogP contribution in [0.4, 0.5) is 10.1 Å². The van der Waals surface area contributed by atoms with E-state index < -0.39 is 0 Å². The highest BCUT2D eigenvalue weighted by molar-refractivity contribution is 8.00. The molecule has 0 spiro atoms. The van der Waals surface area contributed by atoms with E-state index in [-0.39, 0.29) is 23.4 Å². The largest absolute Gasteiger partial charge is 0.350 e. The van der Waals surface area contributed by atoms with Gasteiger partial charge in [-0.05, 0) is 48.5 Å². The summed E-state index contributed by atoms with van der Waals surface area (Å²) in [6.07, 6.45) is 1.99. The van der Waals surface area contributed by atoms with E-state index in [1.165, 1.54) is 36.0 Å². The number of carbonyl (C=O) groups excluding carboxylic acids is 2. The number of benzene rings is 3. The minimum absolute atomic E-state index is 0.120. The second-order valence-electron chi connectivity index (χ2n) is 7.31. The van der Waals surface area contributed by atoms with Crippen molar-refractivity contribution in [2.24, 2.45) is 0 Å². The van der Waals surface area contributed by atoms with Gasteiger partial charge in [0.15, 0.2) is 0 Å². The molecule has 0 bridgehead atoms. The van der Waals surface area contributed by atoms with E-state index in [1.807, 2.05) is 30.5 Å². The summed E-state index contributed by atoms with van der Waals surface area (Å²) < 4.78 is 15.1. The summed E-state index contributed by atoms with van der Waals surface area (Å²) in [7, 11) is 0. The number of thioether (sulfide) groups is 1. The maximum atomic E-state index is 13.0. The Bertz CT molecular complexity index is 1290. The highest BCUT2D eigenvalue weighted by atomic mass is 35.5. The molecule has 0 aliphatic carbocycles. The van der Waals surface area contributed by atoms with Crippen LogP contribution in [-0.2, 0) is 11.3 Å².